The number of rotatable bonds is 5. The Morgan fingerprint density at radius 3 is 2.64 bits per heavy atom. The molecule has 0 bridgehead atoms. The van der Waals surface area contributed by atoms with Gasteiger partial charge in [0.25, 0.3) is 0 Å². The monoisotopic (exact) mass is 330 g/mol. The van der Waals surface area contributed by atoms with E-state index in [2.05, 4.69) is 11.1 Å². The van der Waals surface area contributed by atoms with Crippen molar-refractivity contribution in [3.05, 3.63) is 83.6 Å². The van der Waals surface area contributed by atoms with Crippen molar-refractivity contribution in [2.45, 2.75) is 6.61 Å². The second-order valence-electron chi connectivity index (χ2n) is 5.33. The zero-order chi connectivity index (χ0) is 17.6. The lowest BCUT2D eigenvalue weighted by Gasteiger charge is -2.10. The molecule has 3 aromatic rings. The Hall–Kier alpha value is -3.65. The third-order valence-corrected chi connectivity index (χ3v) is 3.64. The Balaban J connectivity index is 1.86. The van der Waals surface area contributed by atoms with Gasteiger partial charge in [-0.15, -0.1) is 0 Å². The van der Waals surface area contributed by atoms with Crippen LogP contribution in [-0.4, -0.2) is 16.1 Å². The fourth-order valence-electron chi connectivity index (χ4n) is 2.36. The van der Waals surface area contributed by atoms with Crippen LogP contribution < -0.4 is 4.74 Å². The summed E-state index contributed by atoms with van der Waals surface area (Å²) in [4.78, 5) is 15.3. The zero-order valence-electron chi connectivity index (χ0n) is 13.2. The first-order valence-electron chi connectivity index (χ1n) is 7.58. The highest BCUT2D eigenvalue weighted by molar-refractivity contribution is 5.88. The fraction of sp³-hybridized carbons (Fsp3) is 0.0500. The Labute approximate surface area is 144 Å². The molecule has 0 spiro atoms. The molecule has 0 amide bonds. The van der Waals surface area contributed by atoms with Gasteiger partial charge in [-0.3, -0.25) is 4.98 Å². The molecule has 122 valence electrons. The van der Waals surface area contributed by atoms with Crippen LogP contribution in [0.3, 0.4) is 0 Å². The van der Waals surface area contributed by atoms with Crippen molar-refractivity contribution in [1.82, 2.24) is 4.98 Å². The predicted octanol–water partition coefficient (Wildman–Crippen LogP) is 3.90. The molecule has 25 heavy (non-hydrogen) atoms. The van der Waals surface area contributed by atoms with Gasteiger partial charge in [0.05, 0.1) is 16.8 Å². The summed E-state index contributed by atoms with van der Waals surface area (Å²) in [5.74, 6) is -0.545. The highest BCUT2D eigenvalue weighted by Gasteiger charge is 2.10. The van der Waals surface area contributed by atoms with Gasteiger partial charge < -0.3 is 9.84 Å². The summed E-state index contributed by atoms with van der Waals surface area (Å²) in [6.45, 7) is 0.363. The molecule has 5 nitrogen and oxygen atoms in total. The van der Waals surface area contributed by atoms with Crippen LogP contribution in [-0.2, 0) is 6.61 Å². The molecule has 0 atom stereocenters. The average molecular weight is 330 g/mol. The van der Waals surface area contributed by atoms with Gasteiger partial charge in [0.2, 0.25) is 0 Å². The Morgan fingerprint density at radius 1 is 1.12 bits per heavy atom. The summed E-state index contributed by atoms with van der Waals surface area (Å²) in [5.41, 5.74) is 2.67. The largest absolute Gasteiger partial charge is 0.488 e. The van der Waals surface area contributed by atoms with E-state index in [1.54, 1.807) is 18.2 Å². The van der Waals surface area contributed by atoms with Gasteiger partial charge >= 0.3 is 5.97 Å². The van der Waals surface area contributed by atoms with Crippen LogP contribution in [0.5, 0.6) is 5.75 Å². The number of pyridine rings is 1. The van der Waals surface area contributed by atoms with Crippen molar-refractivity contribution < 1.29 is 14.6 Å². The van der Waals surface area contributed by atoms with E-state index in [4.69, 9.17) is 9.84 Å². The van der Waals surface area contributed by atoms with Gasteiger partial charge in [-0.1, -0.05) is 30.3 Å². The number of hydrogen-bond donors (Lipinski definition) is 1. The number of ether oxygens (including phenoxy) is 1. The van der Waals surface area contributed by atoms with Crippen LogP contribution in [0.15, 0.2) is 66.9 Å². The lowest BCUT2D eigenvalue weighted by molar-refractivity contribution is 0.0697. The maximum atomic E-state index is 11.1. The lowest BCUT2D eigenvalue weighted by atomic mass is 10.1. The van der Waals surface area contributed by atoms with Gasteiger partial charge in [-0.2, -0.15) is 5.26 Å². The topological polar surface area (TPSA) is 83.2 Å². The average Bonchev–Trinajstić information content (AvgIpc) is 2.67. The smallest absolute Gasteiger partial charge is 0.335 e. The van der Waals surface area contributed by atoms with Crippen LogP contribution in [0.2, 0.25) is 0 Å². The summed E-state index contributed by atoms with van der Waals surface area (Å²) in [7, 11) is 0. The van der Waals surface area contributed by atoms with Crippen LogP contribution >= 0.6 is 0 Å². The van der Waals surface area contributed by atoms with Crippen LogP contribution in [0.25, 0.3) is 11.3 Å². The molecule has 0 fully saturated rings. The highest BCUT2D eigenvalue weighted by Crippen LogP contribution is 2.26. The Bertz CT molecular complexity index is 947. The standard InChI is InChI=1S/C20H14N2O3/c21-12-17-10-15(18-11-16(20(23)24)8-9-22-18)6-7-19(17)25-13-14-4-2-1-3-5-14/h1-11H,13H2,(H,23,24). The van der Waals surface area contributed by atoms with Crippen molar-refractivity contribution >= 4 is 5.97 Å². The summed E-state index contributed by atoms with van der Waals surface area (Å²) in [6.07, 6.45) is 1.44. The van der Waals surface area contributed by atoms with Gasteiger partial charge in [0.1, 0.15) is 18.4 Å². The van der Waals surface area contributed by atoms with Crippen LogP contribution in [0.1, 0.15) is 21.5 Å². The first-order valence-corrected chi connectivity index (χ1v) is 7.58. The summed E-state index contributed by atoms with van der Waals surface area (Å²) in [6, 6.07) is 19.8. The number of hydrogen-bond acceptors (Lipinski definition) is 4. The molecule has 2 aromatic carbocycles. The number of carboxylic acid groups (broad SMARTS) is 1. The van der Waals surface area contributed by atoms with E-state index in [0.29, 0.717) is 29.2 Å². The molecule has 1 aromatic heterocycles. The van der Waals surface area contributed by atoms with Crippen molar-refractivity contribution in [3.8, 4) is 23.1 Å². The van der Waals surface area contributed by atoms with E-state index in [1.165, 1.54) is 18.3 Å². The molecule has 0 saturated heterocycles. The molecule has 0 saturated carbocycles. The number of carboxylic acids is 1. The van der Waals surface area contributed by atoms with Gasteiger partial charge in [-0.25, -0.2) is 4.79 Å². The molecular weight excluding hydrogens is 316 g/mol. The molecule has 0 aliphatic rings. The van der Waals surface area contributed by atoms with E-state index in [-0.39, 0.29) is 5.56 Å². The van der Waals surface area contributed by atoms with Crippen LogP contribution in [0, 0.1) is 11.3 Å². The van der Waals surface area contributed by atoms with Crippen molar-refractivity contribution in [2.75, 3.05) is 0 Å². The molecule has 5 heteroatoms. The molecule has 3 rings (SSSR count). The van der Waals surface area contributed by atoms with Gasteiger partial charge in [0.15, 0.2) is 0 Å². The third-order valence-electron chi connectivity index (χ3n) is 3.64. The SMILES string of the molecule is N#Cc1cc(-c2cc(C(=O)O)ccn2)ccc1OCc1ccccc1. The normalized spacial score (nSPS) is 10.0. The number of aromatic carboxylic acids is 1. The van der Waals surface area contributed by atoms with Crippen molar-refractivity contribution in [2.24, 2.45) is 0 Å². The van der Waals surface area contributed by atoms with E-state index in [1.807, 2.05) is 30.3 Å². The maximum absolute atomic E-state index is 11.1. The molecule has 1 N–H and O–H groups in total. The number of carbonyl (C=O) groups is 1. The number of benzene rings is 2. The third kappa shape index (κ3) is 3.82. The number of nitrogens with zero attached hydrogens (tertiary/aromatic N) is 2. The van der Waals surface area contributed by atoms with E-state index in [0.717, 1.165) is 5.56 Å². The number of aromatic nitrogens is 1. The van der Waals surface area contributed by atoms with E-state index in [9.17, 15) is 10.1 Å². The quantitative estimate of drug-likeness (QED) is 0.767. The molecule has 0 unspecified atom stereocenters. The zero-order valence-corrected chi connectivity index (χ0v) is 13.2. The highest BCUT2D eigenvalue weighted by atomic mass is 16.5. The first kappa shape index (κ1) is 16.2. The molecule has 0 aliphatic carbocycles. The second-order valence-corrected chi connectivity index (χ2v) is 5.33. The maximum Gasteiger partial charge on any atom is 0.335 e. The summed E-state index contributed by atoms with van der Waals surface area (Å²) < 4.78 is 5.73. The van der Waals surface area contributed by atoms with Gasteiger partial charge in [-0.05, 0) is 35.9 Å². The minimum Gasteiger partial charge on any atom is -0.488 e. The van der Waals surface area contributed by atoms with E-state index >= 15 is 0 Å². The Morgan fingerprint density at radius 2 is 1.92 bits per heavy atom. The fourth-order valence-corrected chi connectivity index (χ4v) is 2.36. The summed E-state index contributed by atoms with van der Waals surface area (Å²) in [5, 5.41) is 18.5. The van der Waals surface area contributed by atoms with Gasteiger partial charge in [0, 0.05) is 11.8 Å². The minimum atomic E-state index is -1.02. The Kier molecular flexibility index (Phi) is 4.72. The summed E-state index contributed by atoms with van der Waals surface area (Å²) >= 11 is 0. The van der Waals surface area contributed by atoms with Crippen LogP contribution in [0.4, 0.5) is 0 Å². The van der Waals surface area contributed by atoms with Crippen molar-refractivity contribution in [1.29, 1.82) is 5.26 Å². The molecule has 1 heterocycles. The first-order chi connectivity index (χ1) is 12.2. The second kappa shape index (κ2) is 7.28. The molecule has 0 radical (unpaired) electrons. The molecule has 0 aliphatic heterocycles. The predicted molar refractivity (Wildman–Crippen MR) is 92.1 cm³/mol. The molecular formula is C20H14N2O3. The van der Waals surface area contributed by atoms with Crippen molar-refractivity contribution in [3.63, 3.8) is 0 Å². The lowest BCUT2D eigenvalue weighted by Crippen LogP contribution is -1.99. The minimum absolute atomic E-state index is 0.146. The van der Waals surface area contributed by atoms with E-state index < -0.39 is 5.97 Å². The number of nitriles is 1.